The van der Waals surface area contributed by atoms with Crippen LogP contribution in [0.1, 0.15) is 38.7 Å². The first-order chi connectivity index (χ1) is 8.52. The SMILES string of the molecule is CC1(C)CCCN(c2cc(CO)c(Cl)cn2)CC1. The van der Waals surface area contributed by atoms with E-state index >= 15 is 0 Å². The molecule has 0 aromatic carbocycles. The highest BCUT2D eigenvalue weighted by Gasteiger charge is 2.23. The molecule has 1 aliphatic heterocycles. The number of nitrogens with zero attached hydrogens (tertiary/aromatic N) is 2. The van der Waals surface area contributed by atoms with Crippen molar-refractivity contribution < 1.29 is 5.11 Å². The summed E-state index contributed by atoms with van der Waals surface area (Å²) in [6, 6.07) is 1.90. The van der Waals surface area contributed by atoms with Crippen LogP contribution in [0.25, 0.3) is 0 Å². The van der Waals surface area contributed by atoms with Gasteiger partial charge in [0.05, 0.1) is 11.6 Å². The van der Waals surface area contributed by atoms with Gasteiger partial charge in [0.25, 0.3) is 0 Å². The highest BCUT2D eigenvalue weighted by molar-refractivity contribution is 6.31. The van der Waals surface area contributed by atoms with E-state index in [0.29, 0.717) is 10.4 Å². The Morgan fingerprint density at radius 3 is 2.89 bits per heavy atom. The Morgan fingerprint density at radius 1 is 1.39 bits per heavy atom. The smallest absolute Gasteiger partial charge is 0.128 e. The van der Waals surface area contributed by atoms with Gasteiger partial charge in [-0.15, -0.1) is 0 Å². The monoisotopic (exact) mass is 268 g/mol. The molecule has 0 saturated carbocycles. The third kappa shape index (κ3) is 3.15. The van der Waals surface area contributed by atoms with E-state index in [1.807, 2.05) is 6.07 Å². The summed E-state index contributed by atoms with van der Waals surface area (Å²) in [6.07, 6.45) is 5.25. The van der Waals surface area contributed by atoms with Crippen molar-refractivity contribution in [1.82, 2.24) is 4.98 Å². The molecule has 0 radical (unpaired) electrons. The van der Waals surface area contributed by atoms with Crippen LogP contribution in [0, 0.1) is 5.41 Å². The molecule has 1 fully saturated rings. The van der Waals surface area contributed by atoms with Gasteiger partial charge >= 0.3 is 0 Å². The molecule has 1 aromatic rings. The van der Waals surface area contributed by atoms with E-state index in [4.69, 9.17) is 11.6 Å². The molecule has 0 atom stereocenters. The molecule has 2 heterocycles. The Bertz CT molecular complexity index is 420. The Hall–Kier alpha value is -0.800. The third-order valence-corrected chi connectivity index (χ3v) is 4.10. The van der Waals surface area contributed by atoms with Crippen LogP contribution in [0.2, 0.25) is 5.02 Å². The summed E-state index contributed by atoms with van der Waals surface area (Å²) in [7, 11) is 0. The average Bonchev–Trinajstić information content (AvgIpc) is 2.51. The maximum atomic E-state index is 9.25. The molecule has 1 saturated heterocycles. The molecule has 100 valence electrons. The van der Waals surface area contributed by atoms with E-state index in [2.05, 4.69) is 23.7 Å². The minimum atomic E-state index is -0.0340. The Morgan fingerprint density at radius 2 is 2.17 bits per heavy atom. The number of hydrogen-bond acceptors (Lipinski definition) is 3. The van der Waals surface area contributed by atoms with Gasteiger partial charge in [0.1, 0.15) is 5.82 Å². The van der Waals surface area contributed by atoms with Gasteiger partial charge in [-0.1, -0.05) is 25.4 Å². The second-order valence-corrected chi connectivity index (χ2v) is 6.20. The van der Waals surface area contributed by atoms with Crippen LogP contribution in [0.5, 0.6) is 0 Å². The number of aliphatic hydroxyl groups is 1. The van der Waals surface area contributed by atoms with E-state index in [9.17, 15) is 5.11 Å². The van der Waals surface area contributed by atoms with Crippen LogP contribution < -0.4 is 4.90 Å². The standard InChI is InChI=1S/C14H21ClN2O/c1-14(2)4-3-6-17(7-5-14)13-8-11(10-18)12(15)9-16-13/h8-9,18H,3-7,10H2,1-2H3. The molecule has 2 rings (SSSR count). The molecule has 0 unspecified atom stereocenters. The predicted octanol–water partition coefficient (Wildman–Crippen LogP) is 3.24. The second kappa shape index (κ2) is 5.45. The summed E-state index contributed by atoms with van der Waals surface area (Å²) in [5.74, 6) is 0.932. The zero-order chi connectivity index (χ0) is 13.2. The molecule has 4 heteroatoms. The fraction of sp³-hybridized carbons (Fsp3) is 0.643. The summed E-state index contributed by atoms with van der Waals surface area (Å²) >= 11 is 5.97. The summed E-state index contributed by atoms with van der Waals surface area (Å²) in [5.41, 5.74) is 1.17. The molecule has 0 aliphatic carbocycles. The fourth-order valence-electron chi connectivity index (χ4n) is 2.41. The molecular formula is C14H21ClN2O. The van der Waals surface area contributed by atoms with Gasteiger partial charge in [-0.25, -0.2) is 4.98 Å². The van der Waals surface area contributed by atoms with Crippen LogP contribution in [-0.2, 0) is 6.61 Å². The lowest BCUT2D eigenvalue weighted by atomic mass is 9.85. The van der Waals surface area contributed by atoms with E-state index < -0.39 is 0 Å². The van der Waals surface area contributed by atoms with Gasteiger partial charge in [-0.05, 0) is 30.7 Å². The summed E-state index contributed by atoms with van der Waals surface area (Å²) in [5, 5.41) is 9.79. The number of pyridine rings is 1. The molecule has 0 spiro atoms. The topological polar surface area (TPSA) is 36.4 Å². The quantitative estimate of drug-likeness (QED) is 0.895. The lowest BCUT2D eigenvalue weighted by Gasteiger charge is -2.24. The third-order valence-electron chi connectivity index (χ3n) is 3.75. The van der Waals surface area contributed by atoms with Crippen molar-refractivity contribution in [3.8, 4) is 0 Å². The molecule has 0 amide bonds. The highest BCUT2D eigenvalue weighted by atomic mass is 35.5. The highest BCUT2D eigenvalue weighted by Crippen LogP contribution is 2.31. The number of aliphatic hydroxyl groups excluding tert-OH is 1. The number of rotatable bonds is 2. The van der Waals surface area contributed by atoms with Crippen LogP contribution >= 0.6 is 11.6 Å². The molecule has 0 bridgehead atoms. The van der Waals surface area contributed by atoms with Crippen molar-refractivity contribution in [3.05, 3.63) is 22.8 Å². The number of halogens is 1. The van der Waals surface area contributed by atoms with Crippen LogP contribution in [0.3, 0.4) is 0 Å². The molecule has 3 nitrogen and oxygen atoms in total. The van der Waals surface area contributed by atoms with E-state index in [-0.39, 0.29) is 6.61 Å². The van der Waals surface area contributed by atoms with Crippen molar-refractivity contribution in [1.29, 1.82) is 0 Å². The normalized spacial score (nSPS) is 19.7. The molecule has 1 aromatic heterocycles. The maximum Gasteiger partial charge on any atom is 0.128 e. The van der Waals surface area contributed by atoms with Crippen LogP contribution in [-0.4, -0.2) is 23.2 Å². The van der Waals surface area contributed by atoms with Gasteiger partial charge in [-0.3, -0.25) is 0 Å². The lowest BCUT2D eigenvalue weighted by molar-refractivity contribution is 0.282. The van der Waals surface area contributed by atoms with Gasteiger partial charge in [0.15, 0.2) is 0 Å². The van der Waals surface area contributed by atoms with Crippen molar-refractivity contribution >= 4 is 17.4 Å². The van der Waals surface area contributed by atoms with E-state index in [1.54, 1.807) is 6.20 Å². The first-order valence-corrected chi connectivity index (χ1v) is 6.90. The zero-order valence-corrected chi connectivity index (χ0v) is 11.9. The average molecular weight is 269 g/mol. The molecule has 1 aliphatic rings. The number of hydrogen-bond donors (Lipinski definition) is 1. The molecular weight excluding hydrogens is 248 g/mol. The minimum Gasteiger partial charge on any atom is -0.392 e. The summed E-state index contributed by atoms with van der Waals surface area (Å²) in [4.78, 5) is 6.68. The largest absolute Gasteiger partial charge is 0.392 e. The van der Waals surface area contributed by atoms with E-state index in [1.165, 1.54) is 19.3 Å². The minimum absolute atomic E-state index is 0.0340. The fourth-order valence-corrected chi connectivity index (χ4v) is 2.58. The number of aromatic nitrogens is 1. The van der Waals surface area contributed by atoms with Crippen molar-refractivity contribution in [2.75, 3.05) is 18.0 Å². The second-order valence-electron chi connectivity index (χ2n) is 5.80. The van der Waals surface area contributed by atoms with E-state index in [0.717, 1.165) is 24.5 Å². The molecule has 18 heavy (non-hydrogen) atoms. The van der Waals surface area contributed by atoms with Gasteiger partial charge < -0.3 is 10.0 Å². The van der Waals surface area contributed by atoms with Gasteiger partial charge in [-0.2, -0.15) is 0 Å². The van der Waals surface area contributed by atoms with Crippen molar-refractivity contribution in [2.24, 2.45) is 5.41 Å². The van der Waals surface area contributed by atoms with Gasteiger partial charge in [0, 0.05) is 24.8 Å². The number of anilines is 1. The van der Waals surface area contributed by atoms with Gasteiger partial charge in [0.2, 0.25) is 0 Å². The Kier molecular flexibility index (Phi) is 4.13. The van der Waals surface area contributed by atoms with Crippen molar-refractivity contribution in [3.63, 3.8) is 0 Å². The lowest BCUT2D eigenvalue weighted by Crippen LogP contribution is -2.26. The Labute approximate surface area is 114 Å². The van der Waals surface area contributed by atoms with Crippen LogP contribution in [0.4, 0.5) is 5.82 Å². The Balaban J connectivity index is 2.16. The first-order valence-electron chi connectivity index (χ1n) is 6.52. The maximum absolute atomic E-state index is 9.25. The summed E-state index contributed by atoms with van der Waals surface area (Å²) in [6.45, 7) is 6.67. The molecule has 1 N–H and O–H groups in total. The van der Waals surface area contributed by atoms with Crippen LogP contribution in [0.15, 0.2) is 12.3 Å². The first kappa shape index (κ1) is 13.6. The predicted molar refractivity (Wildman–Crippen MR) is 75.0 cm³/mol. The summed E-state index contributed by atoms with van der Waals surface area (Å²) < 4.78 is 0. The van der Waals surface area contributed by atoms with Crippen molar-refractivity contribution in [2.45, 2.75) is 39.7 Å². The zero-order valence-electron chi connectivity index (χ0n) is 11.1.